The van der Waals surface area contributed by atoms with Crippen molar-refractivity contribution in [2.75, 3.05) is 4.72 Å². The van der Waals surface area contributed by atoms with E-state index in [9.17, 15) is 12.8 Å². The van der Waals surface area contributed by atoms with Crippen LogP contribution in [0.2, 0.25) is 5.02 Å². The molecular weight excluding hydrogens is 385 g/mol. The molecule has 0 spiro atoms. The van der Waals surface area contributed by atoms with Gasteiger partial charge in [-0.3, -0.25) is 4.72 Å². The molecule has 0 amide bonds. The maximum atomic E-state index is 13.4. The Labute approximate surface area is 153 Å². The molecule has 130 valence electrons. The van der Waals surface area contributed by atoms with Crippen LogP contribution in [-0.2, 0) is 17.1 Å². The first-order valence-electron chi connectivity index (χ1n) is 7.09. The van der Waals surface area contributed by atoms with E-state index in [2.05, 4.69) is 9.71 Å². The fourth-order valence-corrected chi connectivity index (χ4v) is 4.62. The zero-order valence-corrected chi connectivity index (χ0v) is 15.4. The summed E-state index contributed by atoms with van der Waals surface area (Å²) in [5.74, 6) is -0.680. The number of para-hydroxylation sites is 1. The minimum absolute atomic E-state index is 0.0527. The molecule has 3 rings (SSSR count). The Morgan fingerprint density at radius 1 is 1.24 bits per heavy atom. The van der Waals surface area contributed by atoms with Crippen molar-refractivity contribution in [2.24, 2.45) is 7.05 Å². The molecule has 1 heterocycles. The average Bonchev–Trinajstić information content (AvgIpc) is 2.96. The number of benzene rings is 2. The van der Waals surface area contributed by atoms with Crippen molar-refractivity contribution < 1.29 is 12.8 Å². The number of aryl methyl sites for hydroxylation is 1. The number of hydrogen-bond acceptors (Lipinski definition) is 4. The molecule has 9 heteroatoms. The van der Waals surface area contributed by atoms with E-state index in [1.165, 1.54) is 17.8 Å². The van der Waals surface area contributed by atoms with Gasteiger partial charge in [0.1, 0.15) is 10.7 Å². The number of anilines is 1. The molecule has 1 N–H and O–H groups in total. The first kappa shape index (κ1) is 17.8. The van der Waals surface area contributed by atoms with Crippen molar-refractivity contribution in [3.63, 3.8) is 0 Å². The SMILES string of the molecule is Cn1ccnc1Sc1ccccc1NS(=O)(=O)c1cc(F)ccc1Cl. The number of hydrogen-bond donors (Lipinski definition) is 1. The zero-order chi connectivity index (χ0) is 18.0. The van der Waals surface area contributed by atoms with E-state index in [-0.39, 0.29) is 9.92 Å². The van der Waals surface area contributed by atoms with Crippen molar-refractivity contribution in [3.8, 4) is 0 Å². The molecule has 0 saturated carbocycles. The molecule has 0 aliphatic rings. The average molecular weight is 398 g/mol. The molecule has 0 aliphatic heterocycles. The second-order valence-corrected chi connectivity index (χ2v) is 8.17. The smallest absolute Gasteiger partial charge is 0.263 e. The lowest BCUT2D eigenvalue weighted by Crippen LogP contribution is -2.14. The molecule has 1 aromatic heterocycles. The first-order chi connectivity index (χ1) is 11.9. The highest BCUT2D eigenvalue weighted by molar-refractivity contribution is 7.99. The van der Waals surface area contributed by atoms with Gasteiger partial charge >= 0.3 is 0 Å². The van der Waals surface area contributed by atoms with Gasteiger partial charge in [-0.2, -0.15) is 0 Å². The Morgan fingerprint density at radius 3 is 2.72 bits per heavy atom. The predicted octanol–water partition coefficient (Wildman–Crippen LogP) is 4.16. The van der Waals surface area contributed by atoms with Gasteiger partial charge in [-0.05, 0) is 42.1 Å². The van der Waals surface area contributed by atoms with Gasteiger partial charge < -0.3 is 4.57 Å². The molecule has 3 aromatic rings. The van der Waals surface area contributed by atoms with Gasteiger partial charge in [0.15, 0.2) is 5.16 Å². The number of aromatic nitrogens is 2. The van der Waals surface area contributed by atoms with E-state index in [1.807, 2.05) is 11.6 Å². The van der Waals surface area contributed by atoms with Crippen LogP contribution in [0, 0.1) is 5.82 Å². The Hall–Kier alpha value is -2.03. The third-order valence-electron chi connectivity index (χ3n) is 3.29. The molecule has 25 heavy (non-hydrogen) atoms. The highest BCUT2D eigenvalue weighted by Gasteiger charge is 2.20. The van der Waals surface area contributed by atoms with E-state index in [4.69, 9.17) is 11.6 Å². The summed E-state index contributed by atoms with van der Waals surface area (Å²) in [5, 5.41) is 0.651. The fraction of sp³-hybridized carbons (Fsp3) is 0.0625. The van der Waals surface area contributed by atoms with Crippen molar-refractivity contribution in [1.82, 2.24) is 9.55 Å². The summed E-state index contributed by atoms with van der Waals surface area (Å²) in [6, 6.07) is 10.1. The predicted molar refractivity (Wildman–Crippen MR) is 96.0 cm³/mol. The molecule has 0 atom stereocenters. The molecule has 2 aromatic carbocycles. The van der Waals surface area contributed by atoms with Gasteiger partial charge in [0.05, 0.1) is 10.7 Å². The van der Waals surface area contributed by atoms with Crippen LogP contribution >= 0.6 is 23.4 Å². The summed E-state index contributed by atoms with van der Waals surface area (Å²) in [6.45, 7) is 0. The summed E-state index contributed by atoms with van der Waals surface area (Å²) in [7, 11) is -2.20. The number of nitrogens with one attached hydrogen (secondary N) is 1. The molecule has 0 fully saturated rings. The van der Waals surface area contributed by atoms with Gasteiger partial charge in [0.2, 0.25) is 0 Å². The number of nitrogens with zero attached hydrogens (tertiary/aromatic N) is 2. The maximum absolute atomic E-state index is 13.4. The number of sulfonamides is 1. The second-order valence-electron chi connectivity index (χ2n) is 5.10. The van der Waals surface area contributed by atoms with Crippen molar-refractivity contribution in [2.45, 2.75) is 14.9 Å². The number of halogens is 2. The molecule has 0 unspecified atom stereocenters. The standard InChI is InChI=1S/C16H13ClFN3O2S2/c1-21-9-8-19-16(21)24-14-5-3-2-4-13(14)20-25(22,23)15-10-11(18)6-7-12(15)17/h2-10,20H,1H3. The van der Waals surface area contributed by atoms with Gasteiger partial charge in [-0.25, -0.2) is 17.8 Å². The lowest BCUT2D eigenvalue weighted by Gasteiger charge is -2.13. The third-order valence-corrected chi connectivity index (χ3v) is 6.29. The Balaban J connectivity index is 1.95. The van der Waals surface area contributed by atoms with Crippen LogP contribution in [0.3, 0.4) is 0 Å². The Bertz CT molecular complexity index is 1020. The van der Waals surface area contributed by atoms with E-state index >= 15 is 0 Å². The summed E-state index contributed by atoms with van der Waals surface area (Å²) in [6.07, 6.45) is 3.45. The van der Waals surface area contributed by atoms with Crippen LogP contribution in [-0.4, -0.2) is 18.0 Å². The molecule has 0 aliphatic carbocycles. The monoisotopic (exact) mass is 397 g/mol. The van der Waals surface area contributed by atoms with Crippen molar-refractivity contribution in [3.05, 3.63) is 65.7 Å². The van der Waals surface area contributed by atoms with Crippen LogP contribution in [0.25, 0.3) is 0 Å². The molecule has 0 bridgehead atoms. The lowest BCUT2D eigenvalue weighted by molar-refractivity contribution is 0.595. The highest BCUT2D eigenvalue weighted by atomic mass is 35.5. The normalized spacial score (nSPS) is 11.5. The molecule has 0 radical (unpaired) electrons. The molecular formula is C16H13ClFN3O2S2. The van der Waals surface area contributed by atoms with E-state index in [1.54, 1.807) is 36.7 Å². The van der Waals surface area contributed by atoms with Crippen molar-refractivity contribution in [1.29, 1.82) is 0 Å². The minimum Gasteiger partial charge on any atom is -0.329 e. The van der Waals surface area contributed by atoms with E-state index in [0.717, 1.165) is 12.1 Å². The van der Waals surface area contributed by atoms with Gasteiger partial charge in [-0.15, -0.1) is 0 Å². The van der Waals surface area contributed by atoms with Gasteiger partial charge in [0.25, 0.3) is 10.0 Å². The maximum Gasteiger partial charge on any atom is 0.263 e. The second kappa shape index (κ2) is 7.07. The Kier molecular flexibility index (Phi) is 5.03. The van der Waals surface area contributed by atoms with Crippen LogP contribution in [0.5, 0.6) is 0 Å². The molecule has 5 nitrogen and oxygen atoms in total. The minimum atomic E-state index is -4.04. The zero-order valence-electron chi connectivity index (χ0n) is 13.0. The van der Waals surface area contributed by atoms with E-state index in [0.29, 0.717) is 15.7 Å². The summed E-state index contributed by atoms with van der Waals surface area (Å²) < 4.78 is 42.9. The largest absolute Gasteiger partial charge is 0.329 e. The van der Waals surface area contributed by atoms with Crippen LogP contribution in [0.15, 0.2) is 69.8 Å². The van der Waals surface area contributed by atoms with Crippen molar-refractivity contribution >= 4 is 39.1 Å². The lowest BCUT2D eigenvalue weighted by atomic mass is 10.3. The summed E-state index contributed by atoms with van der Waals surface area (Å²) >= 11 is 7.23. The number of imidazole rings is 1. The topological polar surface area (TPSA) is 64.0 Å². The fourth-order valence-electron chi connectivity index (χ4n) is 2.07. The van der Waals surface area contributed by atoms with E-state index < -0.39 is 15.8 Å². The van der Waals surface area contributed by atoms with Crippen LogP contribution in [0.1, 0.15) is 0 Å². The Morgan fingerprint density at radius 2 is 2.00 bits per heavy atom. The van der Waals surface area contributed by atoms with Gasteiger partial charge in [0, 0.05) is 24.3 Å². The highest BCUT2D eigenvalue weighted by Crippen LogP contribution is 2.34. The first-order valence-corrected chi connectivity index (χ1v) is 9.76. The quantitative estimate of drug-likeness (QED) is 0.702. The third kappa shape index (κ3) is 3.97. The van der Waals surface area contributed by atoms with Crippen LogP contribution in [0.4, 0.5) is 10.1 Å². The summed E-state index contributed by atoms with van der Waals surface area (Å²) in [5.41, 5.74) is 0.357. The number of rotatable bonds is 5. The van der Waals surface area contributed by atoms with Gasteiger partial charge in [-0.1, -0.05) is 23.7 Å². The summed E-state index contributed by atoms with van der Waals surface area (Å²) in [4.78, 5) is 4.56. The molecule has 0 saturated heterocycles. The van der Waals surface area contributed by atoms with Crippen LogP contribution < -0.4 is 4.72 Å².